The fraction of sp³-hybridized carbons (Fsp3) is 0.700. The number of hydrogen-bond donors (Lipinski definition) is 1. The zero-order valence-corrected chi connectivity index (χ0v) is 13.6. The highest BCUT2D eigenvalue weighted by Crippen LogP contribution is 2.39. The number of benzene rings is 1. The van der Waals surface area contributed by atoms with E-state index in [0.717, 1.165) is 18.4 Å². The number of hydrogen-bond acceptors (Lipinski definition) is 1. The zero-order valence-electron chi connectivity index (χ0n) is 13.6. The van der Waals surface area contributed by atoms with Gasteiger partial charge in [-0.15, -0.1) is 0 Å². The second-order valence-electron chi connectivity index (χ2n) is 7.08. The fourth-order valence-corrected chi connectivity index (χ4v) is 4.17. The molecule has 21 heavy (non-hydrogen) atoms. The van der Waals surface area contributed by atoms with Crippen LogP contribution in [0.2, 0.25) is 0 Å². The zero-order chi connectivity index (χ0) is 14.5. The van der Waals surface area contributed by atoms with Crippen LogP contribution in [0.15, 0.2) is 24.3 Å². The third-order valence-electron chi connectivity index (χ3n) is 5.64. The van der Waals surface area contributed by atoms with Crippen molar-refractivity contribution >= 4 is 0 Å². The summed E-state index contributed by atoms with van der Waals surface area (Å²) < 4.78 is 0. The second kappa shape index (κ2) is 7.45. The Bertz CT molecular complexity index is 427. The molecule has 1 heteroatoms. The predicted octanol–water partition coefficient (Wildman–Crippen LogP) is 5.58. The summed E-state index contributed by atoms with van der Waals surface area (Å²) >= 11 is 0. The van der Waals surface area contributed by atoms with Crippen molar-refractivity contribution in [2.75, 3.05) is 6.54 Å². The SMILES string of the molecule is CCNC(c1cccc(C2CCC2)c1)C1CCCCCC1. The molecular weight excluding hydrogens is 254 g/mol. The van der Waals surface area contributed by atoms with Gasteiger partial charge in [0.25, 0.3) is 0 Å². The van der Waals surface area contributed by atoms with Crippen LogP contribution >= 0.6 is 0 Å². The average molecular weight is 285 g/mol. The van der Waals surface area contributed by atoms with Crippen LogP contribution in [0, 0.1) is 5.92 Å². The van der Waals surface area contributed by atoms with Gasteiger partial charge in [-0.25, -0.2) is 0 Å². The highest BCUT2D eigenvalue weighted by molar-refractivity contribution is 5.30. The minimum Gasteiger partial charge on any atom is -0.310 e. The monoisotopic (exact) mass is 285 g/mol. The Morgan fingerprint density at radius 1 is 1.00 bits per heavy atom. The van der Waals surface area contributed by atoms with E-state index in [1.807, 2.05) is 0 Å². The van der Waals surface area contributed by atoms with Gasteiger partial charge in [-0.1, -0.05) is 63.3 Å². The first-order valence-electron chi connectivity index (χ1n) is 9.21. The van der Waals surface area contributed by atoms with E-state index >= 15 is 0 Å². The van der Waals surface area contributed by atoms with Crippen molar-refractivity contribution in [1.82, 2.24) is 5.32 Å². The maximum absolute atomic E-state index is 3.80. The molecule has 0 saturated heterocycles. The second-order valence-corrected chi connectivity index (χ2v) is 7.08. The van der Waals surface area contributed by atoms with E-state index in [0.29, 0.717) is 6.04 Å². The molecule has 0 bridgehead atoms. The highest BCUT2D eigenvalue weighted by Gasteiger charge is 2.25. The van der Waals surface area contributed by atoms with E-state index < -0.39 is 0 Å². The summed E-state index contributed by atoms with van der Waals surface area (Å²) in [6.45, 7) is 3.33. The molecular formula is C20H31N. The van der Waals surface area contributed by atoms with Crippen LogP contribution in [-0.4, -0.2) is 6.54 Å². The van der Waals surface area contributed by atoms with Gasteiger partial charge in [0.2, 0.25) is 0 Å². The predicted molar refractivity (Wildman–Crippen MR) is 90.6 cm³/mol. The molecule has 0 spiro atoms. The Morgan fingerprint density at radius 2 is 1.76 bits per heavy atom. The number of nitrogens with one attached hydrogen (secondary N) is 1. The molecule has 1 aromatic carbocycles. The van der Waals surface area contributed by atoms with Gasteiger partial charge in [-0.05, 0) is 55.2 Å². The lowest BCUT2D eigenvalue weighted by Gasteiger charge is -2.30. The molecule has 2 fully saturated rings. The van der Waals surface area contributed by atoms with Crippen LogP contribution in [-0.2, 0) is 0 Å². The molecule has 0 heterocycles. The van der Waals surface area contributed by atoms with Gasteiger partial charge in [-0.3, -0.25) is 0 Å². The molecule has 1 atom stereocenters. The molecule has 116 valence electrons. The highest BCUT2D eigenvalue weighted by atomic mass is 14.9. The van der Waals surface area contributed by atoms with Crippen molar-refractivity contribution in [2.24, 2.45) is 5.92 Å². The Balaban J connectivity index is 1.78. The first kappa shape index (κ1) is 15.1. The maximum atomic E-state index is 3.80. The van der Waals surface area contributed by atoms with Crippen molar-refractivity contribution in [2.45, 2.75) is 76.7 Å². The molecule has 2 aliphatic rings. The van der Waals surface area contributed by atoms with Crippen molar-refractivity contribution in [1.29, 1.82) is 0 Å². The molecule has 0 amide bonds. The third kappa shape index (κ3) is 3.69. The van der Waals surface area contributed by atoms with Crippen molar-refractivity contribution in [3.63, 3.8) is 0 Å². The minimum absolute atomic E-state index is 0.577. The molecule has 3 rings (SSSR count). The maximum Gasteiger partial charge on any atom is 0.0348 e. The first-order chi connectivity index (χ1) is 10.4. The van der Waals surface area contributed by atoms with E-state index in [1.54, 1.807) is 11.1 Å². The van der Waals surface area contributed by atoms with Gasteiger partial charge >= 0.3 is 0 Å². The summed E-state index contributed by atoms with van der Waals surface area (Å²) in [5, 5.41) is 3.80. The molecule has 0 aliphatic heterocycles. The molecule has 1 N–H and O–H groups in total. The first-order valence-corrected chi connectivity index (χ1v) is 9.21. The summed E-state index contributed by atoms with van der Waals surface area (Å²) in [6, 6.07) is 10.1. The van der Waals surface area contributed by atoms with Gasteiger partial charge < -0.3 is 5.32 Å². The summed E-state index contributed by atoms with van der Waals surface area (Å²) in [7, 11) is 0. The van der Waals surface area contributed by atoms with Crippen LogP contribution in [0.25, 0.3) is 0 Å². The smallest absolute Gasteiger partial charge is 0.0348 e. The van der Waals surface area contributed by atoms with Crippen molar-refractivity contribution < 1.29 is 0 Å². The Morgan fingerprint density at radius 3 is 2.38 bits per heavy atom. The minimum atomic E-state index is 0.577. The van der Waals surface area contributed by atoms with Gasteiger partial charge in [0.15, 0.2) is 0 Å². The Hall–Kier alpha value is -0.820. The molecule has 2 saturated carbocycles. The molecule has 1 nitrogen and oxygen atoms in total. The molecule has 1 unspecified atom stereocenters. The van der Waals surface area contributed by atoms with Gasteiger partial charge in [0.05, 0.1) is 0 Å². The van der Waals surface area contributed by atoms with Crippen LogP contribution in [0.5, 0.6) is 0 Å². The van der Waals surface area contributed by atoms with Gasteiger partial charge in [-0.2, -0.15) is 0 Å². The quantitative estimate of drug-likeness (QED) is 0.697. The van der Waals surface area contributed by atoms with E-state index in [1.165, 1.54) is 57.8 Å². The van der Waals surface area contributed by atoms with Crippen molar-refractivity contribution in [3.05, 3.63) is 35.4 Å². The van der Waals surface area contributed by atoms with Crippen LogP contribution in [0.1, 0.15) is 87.8 Å². The topological polar surface area (TPSA) is 12.0 Å². The molecule has 1 aromatic rings. The largest absolute Gasteiger partial charge is 0.310 e. The van der Waals surface area contributed by atoms with Crippen LogP contribution < -0.4 is 5.32 Å². The lowest BCUT2D eigenvalue weighted by molar-refractivity contribution is 0.329. The summed E-state index contributed by atoms with van der Waals surface area (Å²) in [4.78, 5) is 0. The summed E-state index contributed by atoms with van der Waals surface area (Å²) in [5.41, 5.74) is 3.14. The average Bonchev–Trinajstić information content (AvgIpc) is 2.72. The Kier molecular flexibility index (Phi) is 5.35. The van der Waals surface area contributed by atoms with E-state index in [2.05, 4.69) is 36.5 Å². The standard InChI is InChI=1S/C20H31N/c1-2-21-20(17-9-5-3-4-6-10-17)19-14-8-13-18(15-19)16-11-7-12-16/h8,13-17,20-21H,2-7,9-12H2,1H3. The van der Waals surface area contributed by atoms with Crippen LogP contribution in [0.4, 0.5) is 0 Å². The van der Waals surface area contributed by atoms with Gasteiger partial charge in [0, 0.05) is 6.04 Å². The summed E-state index contributed by atoms with van der Waals surface area (Å²) in [6.07, 6.45) is 12.8. The fourth-order valence-electron chi connectivity index (χ4n) is 4.17. The Labute approximate surface area is 130 Å². The molecule has 0 aromatic heterocycles. The lowest BCUT2D eigenvalue weighted by atomic mass is 9.78. The number of rotatable bonds is 5. The third-order valence-corrected chi connectivity index (χ3v) is 5.64. The normalized spacial score (nSPS) is 22.5. The lowest BCUT2D eigenvalue weighted by Crippen LogP contribution is -2.28. The van der Waals surface area contributed by atoms with Gasteiger partial charge in [0.1, 0.15) is 0 Å². The molecule has 2 aliphatic carbocycles. The van der Waals surface area contributed by atoms with E-state index in [9.17, 15) is 0 Å². The van der Waals surface area contributed by atoms with Crippen molar-refractivity contribution in [3.8, 4) is 0 Å². The molecule has 0 radical (unpaired) electrons. The van der Waals surface area contributed by atoms with Crippen LogP contribution in [0.3, 0.4) is 0 Å². The van der Waals surface area contributed by atoms with E-state index in [4.69, 9.17) is 0 Å². The van der Waals surface area contributed by atoms with E-state index in [-0.39, 0.29) is 0 Å². The summed E-state index contributed by atoms with van der Waals surface area (Å²) in [5.74, 6) is 1.69.